The third-order valence-corrected chi connectivity index (χ3v) is 2.35. The van der Waals surface area contributed by atoms with Gasteiger partial charge in [0.1, 0.15) is 5.82 Å². The van der Waals surface area contributed by atoms with E-state index in [4.69, 9.17) is 5.73 Å². The maximum atomic E-state index is 13.5. The van der Waals surface area contributed by atoms with Crippen LogP contribution in [0.4, 0.5) is 30.7 Å². The van der Waals surface area contributed by atoms with E-state index in [0.717, 1.165) is 6.08 Å². The van der Waals surface area contributed by atoms with E-state index in [2.05, 4.69) is 6.58 Å². The summed E-state index contributed by atoms with van der Waals surface area (Å²) in [6, 6.07) is -1.74. The molecule has 1 atom stereocenters. The van der Waals surface area contributed by atoms with Crippen LogP contribution in [-0.4, -0.2) is 0 Å². The molecule has 1 aromatic rings. The smallest absolute Gasteiger partial charge is 0.321 e. The van der Waals surface area contributed by atoms with Crippen LogP contribution >= 0.6 is 12.4 Å². The number of halogens is 8. The first-order valence-electron chi connectivity index (χ1n) is 4.84. The van der Waals surface area contributed by atoms with Crippen LogP contribution in [0, 0.1) is 5.82 Å². The van der Waals surface area contributed by atoms with Gasteiger partial charge in [-0.3, -0.25) is 0 Å². The van der Waals surface area contributed by atoms with E-state index < -0.39 is 40.9 Å². The van der Waals surface area contributed by atoms with Gasteiger partial charge in [0, 0.05) is 5.56 Å². The molecule has 0 heterocycles. The minimum absolute atomic E-state index is 0. The molecule has 0 aliphatic carbocycles. The number of benzene rings is 1. The fraction of sp³-hybridized carbons (Fsp3) is 0.273. The molecule has 0 saturated heterocycles. The van der Waals surface area contributed by atoms with Gasteiger partial charge in [0.05, 0.1) is 17.2 Å². The van der Waals surface area contributed by atoms with E-state index in [-0.39, 0.29) is 24.5 Å². The Balaban J connectivity index is 0.00000361. The van der Waals surface area contributed by atoms with Crippen molar-refractivity contribution in [1.82, 2.24) is 0 Å². The predicted molar refractivity (Wildman–Crippen MR) is 60.8 cm³/mol. The first kappa shape index (κ1) is 18.7. The largest absolute Gasteiger partial charge is 0.416 e. The molecule has 0 amide bonds. The van der Waals surface area contributed by atoms with Crippen molar-refractivity contribution >= 4 is 12.4 Å². The van der Waals surface area contributed by atoms with Crippen LogP contribution in [0.3, 0.4) is 0 Å². The second-order valence-electron chi connectivity index (χ2n) is 3.68. The molecule has 9 heteroatoms. The second kappa shape index (κ2) is 6.01. The molecule has 0 aromatic heterocycles. The van der Waals surface area contributed by atoms with Crippen LogP contribution in [0.25, 0.3) is 0 Å². The Kier molecular flexibility index (Phi) is 5.62. The number of hydrogen-bond donors (Lipinski definition) is 1. The van der Waals surface area contributed by atoms with Gasteiger partial charge in [-0.05, 0) is 12.1 Å². The maximum Gasteiger partial charge on any atom is 0.416 e. The monoisotopic (exact) mass is 323 g/mol. The first-order chi connectivity index (χ1) is 8.48. The lowest BCUT2D eigenvalue weighted by molar-refractivity contribution is -0.143. The van der Waals surface area contributed by atoms with E-state index in [9.17, 15) is 30.7 Å². The highest BCUT2D eigenvalue weighted by Crippen LogP contribution is 2.40. The van der Waals surface area contributed by atoms with E-state index in [1.54, 1.807) is 0 Å². The SMILES string of the molecule is C=C[C@H](N)c1c(F)cc(C(F)(F)F)cc1C(F)(F)F.Cl. The zero-order valence-electron chi connectivity index (χ0n) is 9.65. The van der Waals surface area contributed by atoms with Gasteiger partial charge in [0.25, 0.3) is 0 Å². The minimum atomic E-state index is -5.15. The average Bonchev–Trinajstić information content (AvgIpc) is 2.24. The van der Waals surface area contributed by atoms with Crippen LogP contribution in [0.15, 0.2) is 24.8 Å². The van der Waals surface area contributed by atoms with Gasteiger partial charge in [-0.2, -0.15) is 26.3 Å². The van der Waals surface area contributed by atoms with Crippen LogP contribution in [-0.2, 0) is 12.4 Å². The van der Waals surface area contributed by atoms with E-state index >= 15 is 0 Å². The highest BCUT2D eigenvalue weighted by Gasteiger charge is 2.40. The van der Waals surface area contributed by atoms with Crippen molar-refractivity contribution in [3.05, 3.63) is 47.3 Å². The zero-order valence-corrected chi connectivity index (χ0v) is 10.5. The standard InChI is InChI=1S/C11H8F7N.ClH/c1-2-8(19)9-6(11(16,17)18)3-5(4-7(9)12)10(13,14)15;/h2-4,8H,1,19H2;1H/t8-;/m0./s1. The lowest BCUT2D eigenvalue weighted by atomic mass is 9.97. The molecule has 1 aromatic carbocycles. The second-order valence-corrected chi connectivity index (χ2v) is 3.68. The number of nitrogens with two attached hydrogens (primary N) is 1. The van der Waals surface area contributed by atoms with Crippen molar-refractivity contribution in [2.24, 2.45) is 5.73 Å². The van der Waals surface area contributed by atoms with Gasteiger partial charge in [0.2, 0.25) is 0 Å². The summed E-state index contributed by atoms with van der Waals surface area (Å²) in [6.45, 7) is 3.09. The summed E-state index contributed by atoms with van der Waals surface area (Å²) in [6.07, 6.45) is -9.43. The summed E-state index contributed by atoms with van der Waals surface area (Å²) >= 11 is 0. The van der Waals surface area contributed by atoms with Crippen molar-refractivity contribution in [1.29, 1.82) is 0 Å². The van der Waals surface area contributed by atoms with Crippen molar-refractivity contribution in [3.8, 4) is 0 Å². The van der Waals surface area contributed by atoms with Gasteiger partial charge < -0.3 is 5.73 Å². The molecule has 0 bridgehead atoms. The molecule has 0 radical (unpaired) electrons. The fourth-order valence-electron chi connectivity index (χ4n) is 1.47. The highest BCUT2D eigenvalue weighted by molar-refractivity contribution is 5.85. The summed E-state index contributed by atoms with van der Waals surface area (Å²) in [5.74, 6) is -1.67. The van der Waals surface area contributed by atoms with E-state index in [0.29, 0.717) is 0 Å². The summed E-state index contributed by atoms with van der Waals surface area (Å²) < 4.78 is 88.6. The molecule has 1 rings (SSSR count). The number of alkyl halides is 6. The van der Waals surface area contributed by atoms with Gasteiger partial charge in [0.15, 0.2) is 0 Å². The lowest BCUT2D eigenvalue weighted by Crippen LogP contribution is -2.20. The third kappa shape index (κ3) is 3.86. The topological polar surface area (TPSA) is 26.0 Å². The molecule has 0 fully saturated rings. The zero-order chi connectivity index (χ0) is 15.0. The fourth-order valence-corrected chi connectivity index (χ4v) is 1.47. The molecule has 2 N–H and O–H groups in total. The third-order valence-electron chi connectivity index (χ3n) is 2.35. The average molecular weight is 324 g/mol. The number of rotatable bonds is 2. The molecule has 0 saturated carbocycles. The van der Waals surface area contributed by atoms with Crippen molar-refractivity contribution in [2.45, 2.75) is 18.4 Å². The van der Waals surface area contributed by atoms with Crippen molar-refractivity contribution in [2.75, 3.05) is 0 Å². The molecule has 0 unspecified atom stereocenters. The first-order valence-corrected chi connectivity index (χ1v) is 4.84. The molecule has 0 spiro atoms. The molecule has 0 aliphatic heterocycles. The van der Waals surface area contributed by atoms with E-state index in [1.807, 2.05) is 0 Å². The highest BCUT2D eigenvalue weighted by atomic mass is 35.5. The lowest BCUT2D eigenvalue weighted by Gasteiger charge is -2.19. The minimum Gasteiger partial charge on any atom is -0.321 e. The Morgan fingerprint density at radius 3 is 1.90 bits per heavy atom. The molecule has 0 aliphatic rings. The summed E-state index contributed by atoms with van der Waals surface area (Å²) in [4.78, 5) is 0. The number of hydrogen-bond acceptors (Lipinski definition) is 1. The van der Waals surface area contributed by atoms with Gasteiger partial charge >= 0.3 is 12.4 Å². The normalized spacial score (nSPS) is 13.6. The summed E-state index contributed by atoms with van der Waals surface area (Å²) in [7, 11) is 0. The van der Waals surface area contributed by atoms with Crippen LogP contribution in [0.1, 0.15) is 22.7 Å². The quantitative estimate of drug-likeness (QED) is 0.630. The Morgan fingerprint density at radius 2 is 1.55 bits per heavy atom. The molecular formula is C11H9ClF7N. The van der Waals surface area contributed by atoms with Crippen LogP contribution in [0.2, 0.25) is 0 Å². The Bertz CT molecular complexity index is 493. The predicted octanol–water partition coefficient (Wildman–Crippen LogP) is 4.47. The van der Waals surface area contributed by atoms with Crippen molar-refractivity contribution in [3.63, 3.8) is 0 Å². The maximum absolute atomic E-state index is 13.5. The summed E-state index contributed by atoms with van der Waals surface area (Å²) in [5.41, 5.74) is 0.671. The van der Waals surface area contributed by atoms with Gasteiger partial charge in [-0.15, -0.1) is 19.0 Å². The molecule has 1 nitrogen and oxygen atoms in total. The van der Waals surface area contributed by atoms with Crippen molar-refractivity contribution < 1.29 is 30.7 Å². The molecular weight excluding hydrogens is 315 g/mol. The Hall–Kier alpha value is -1.28. The molecule has 114 valence electrons. The Morgan fingerprint density at radius 1 is 1.05 bits per heavy atom. The Labute approximate surface area is 115 Å². The van der Waals surface area contributed by atoms with E-state index in [1.165, 1.54) is 0 Å². The van der Waals surface area contributed by atoms with Crippen LogP contribution < -0.4 is 5.73 Å². The van der Waals surface area contributed by atoms with Gasteiger partial charge in [-0.25, -0.2) is 4.39 Å². The molecule has 20 heavy (non-hydrogen) atoms. The van der Waals surface area contributed by atoms with Gasteiger partial charge in [-0.1, -0.05) is 6.08 Å². The summed E-state index contributed by atoms with van der Waals surface area (Å²) in [5, 5.41) is 0. The van der Waals surface area contributed by atoms with Crippen LogP contribution in [0.5, 0.6) is 0 Å².